The number of aromatic nitrogens is 3. The van der Waals surface area contributed by atoms with Gasteiger partial charge in [-0.1, -0.05) is 18.3 Å². The number of likely N-dealkylation sites (tertiary alicyclic amines) is 1. The molecular formula is C19H24N4O4S. The number of aromatic hydroxyl groups is 1. The average molecular weight is 404 g/mol. The first-order valence-corrected chi connectivity index (χ1v) is 10.4. The summed E-state index contributed by atoms with van der Waals surface area (Å²) in [6.45, 7) is 5.53. The zero-order valence-electron chi connectivity index (χ0n) is 16.0. The Morgan fingerprint density at radius 1 is 1.50 bits per heavy atom. The minimum absolute atomic E-state index is 0.0758. The van der Waals surface area contributed by atoms with Gasteiger partial charge in [-0.2, -0.15) is 4.52 Å². The van der Waals surface area contributed by atoms with E-state index in [0.29, 0.717) is 30.4 Å². The predicted octanol–water partition coefficient (Wildman–Crippen LogP) is 3.02. The van der Waals surface area contributed by atoms with Gasteiger partial charge in [0.2, 0.25) is 10.8 Å². The number of furan rings is 1. The van der Waals surface area contributed by atoms with Crippen LogP contribution in [0.3, 0.4) is 0 Å². The SMILES string of the molecule is CCOC(=O)[C@@H]1CCCN([C@H](c2ccco2)c2sc3nc(CC)nn3c2O)C1. The molecule has 4 rings (SSSR count). The Hall–Kier alpha value is -2.39. The van der Waals surface area contributed by atoms with E-state index in [0.717, 1.165) is 30.0 Å². The van der Waals surface area contributed by atoms with Crippen LogP contribution in [0.5, 0.6) is 5.88 Å². The normalized spacial score (nSPS) is 19.1. The fourth-order valence-corrected chi connectivity index (χ4v) is 4.85. The number of aryl methyl sites for hydroxylation is 1. The zero-order valence-corrected chi connectivity index (χ0v) is 16.8. The molecule has 1 saturated heterocycles. The highest BCUT2D eigenvalue weighted by Gasteiger charge is 2.36. The number of hydrogen-bond donors (Lipinski definition) is 1. The predicted molar refractivity (Wildman–Crippen MR) is 103 cm³/mol. The van der Waals surface area contributed by atoms with Crippen LogP contribution in [0.2, 0.25) is 0 Å². The van der Waals surface area contributed by atoms with Crippen LogP contribution in [0.25, 0.3) is 4.96 Å². The second-order valence-electron chi connectivity index (χ2n) is 6.87. The monoisotopic (exact) mass is 404 g/mol. The molecule has 3 aromatic heterocycles. The average Bonchev–Trinajstić information content (AvgIpc) is 3.42. The summed E-state index contributed by atoms with van der Waals surface area (Å²) >= 11 is 1.40. The Morgan fingerprint density at radius 3 is 3.04 bits per heavy atom. The molecule has 2 atom stereocenters. The van der Waals surface area contributed by atoms with E-state index >= 15 is 0 Å². The van der Waals surface area contributed by atoms with Gasteiger partial charge in [-0.3, -0.25) is 9.69 Å². The molecule has 0 spiro atoms. The van der Waals surface area contributed by atoms with Crippen LogP contribution in [0, 0.1) is 5.92 Å². The van der Waals surface area contributed by atoms with E-state index in [1.54, 1.807) is 6.26 Å². The van der Waals surface area contributed by atoms with Gasteiger partial charge in [-0.05, 0) is 38.4 Å². The molecule has 1 fully saturated rings. The lowest BCUT2D eigenvalue weighted by Crippen LogP contribution is -2.41. The fourth-order valence-electron chi connectivity index (χ4n) is 3.73. The van der Waals surface area contributed by atoms with Crippen molar-refractivity contribution >= 4 is 22.3 Å². The third-order valence-corrected chi connectivity index (χ3v) is 6.13. The summed E-state index contributed by atoms with van der Waals surface area (Å²) in [5.74, 6) is 1.15. The highest BCUT2D eigenvalue weighted by Crippen LogP contribution is 2.41. The first kappa shape index (κ1) is 18.9. The molecule has 0 aliphatic carbocycles. The molecule has 4 heterocycles. The maximum atomic E-state index is 12.3. The van der Waals surface area contributed by atoms with Crippen LogP contribution in [0.1, 0.15) is 49.2 Å². The molecule has 8 nitrogen and oxygen atoms in total. The molecule has 28 heavy (non-hydrogen) atoms. The quantitative estimate of drug-likeness (QED) is 0.631. The van der Waals surface area contributed by atoms with Crippen molar-refractivity contribution in [3.63, 3.8) is 0 Å². The van der Waals surface area contributed by atoms with E-state index in [4.69, 9.17) is 9.15 Å². The largest absolute Gasteiger partial charge is 0.492 e. The number of carbonyl (C=O) groups is 1. The molecule has 0 aromatic carbocycles. The van der Waals surface area contributed by atoms with Crippen molar-refractivity contribution in [3.8, 4) is 5.88 Å². The molecular weight excluding hydrogens is 380 g/mol. The van der Waals surface area contributed by atoms with Crippen molar-refractivity contribution in [3.05, 3.63) is 34.9 Å². The number of piperidine rings is 1. The van der Waals surface area contributed by atoms with Gasteiger partial charge in [-0.15, -0.1) is 5.10 Å². The van der Waals surface area contributed by atoms with E-state index < -0.39 is 0 Å². The van der Waals surface area contributed by atoms with Gasteiger partial charge in [0.1, 0.15) is 11.8 Å². The van der Waals surface area contributed by atoms with Crippen LogP contribution < -0.4 is 0 Å². The van der Waals surface area contributed by atoms with Gasteiger partial charge in [0, 0.05) is 13.0 Å². The first-order valence-electron chi connectivity index (χ1n) is 9.63. The van der Waals surface area contributed by atoms with Crippen LogP contribution in [0.4, 0.5) is 0 Å². The number of fused-ring (bicyclic) bond motifs is 1. The Kier molecular flexibility index (Phi) is 5.36. The number of ether oxygens (including phenoxy) is 1. The van der Waals surface area contributed by atoms with Crippen molar-refractivity contribution < 1.29 is 19.1 Å². The molecule has 0 unspecified atom stereocenters. The van der Waals surface area contributed by atoms with Gasteiger partial charge in [-0.25, -0.2) is 4.98 Å². The minimum Gasteiger partial charge on any atom is -0.492 e. The highest BCUT2D eigenvalue weighted by molar-refractivity contribution is 7.17. The van der Waals surface area contributed by atoms with Crippen molar-refractivity contribution in [1.82, 2.24) is 19.5 Å². The smallest absolute Gasteiger partial charge is 0.310 e. The van der Waals surface area contributed by atoms with Gasteiger partial charge >= 0.3 is 5.97 Å². The van der Waals surface area contributed by atoms with Crippen LogP contribution in [0.15, 0.2) is 22.8 Å². The van der Waals surface area contributed by atoms with Gasteiger partial charge in [0.05, 0.1) is 23.7 Å². The number of carbonyl (C=O) groups excluding carboxylic acids is 1. The van der Waals surface area contributed by atoms with E-state index in [1.807, 2.05) is 26.0 Å². The van der Waals surface area contributed by atoms with E-state index in [-0.39, 0.29) is 23.8 Å². The van der Waals surface area contributed by atoms with Gasteiger partial charge in [0.25, 0.3) is 0 Å². The van der Waals surface area contributed by atoms with E-state index in [1.165, 1.54) is 15.9 Å². The third-order valence-electron chi connectivity index (χ3n) is 5.06. The third kappa shape index (κ3) is 3.40. The second-order valence-corrected chi connectivity index (χ2v) is 7.88. The maximum Gasteiger partial charge on any atom is 0.310 e. The minimum atomic E-state index is -0.300. The summed E-state index contributed by atoms with van der Waals surface area (Å²) in [5.41, 5.74) is 0. The van der Waals surface area contributed by atoms with Crippen molar-refractivity contribution in [1.29, 1.82) is 0 Å². The van der Waals surface area contributed by atoms with Gasteiger partial charge < -0.3 is 14.3 Å². The maximum absolute atomic E-state index is 12.3. The molecule has 9 heteroatoms. The number of hydrogen-bond acceptors (Lipinski definition) is 8. The first-order chi connectivity index (χ1) is 13.6. The Bertz CT molecular complexity index is 949. The van der Waals surface area contributed by atoms with Crippen LogP contribution in [-0.4, -0.2) is 50.3 Å². The number of nitrogens with zero attached hydrogens (tertiary/aromatic N) is 4. The molecule has 1 N–H and O–H groups in total. The topological polar surface area (TPSA) is 93.1 Å². The lowest BCUT2D eigenvalue weighted by atomic mass is 9.96. The summed E-state index contributed by atoms with van der Waals surface area (Å²) in [4.78, 5) is 20.3. The number of esters is 1. The van der Waals surface area contributed by atoms with Crippen molar-refractivity contribution in [2.24, 2.45) is 5.92 Å². The molecule has 0 bridgehead atoms. The van der Waals surface area contributed by atoms with Crippen molar-refractivity contribution in [2.45, 2.75) is 39.2 Å². The summed E-state index contributed by atoms with van der Waals surface area (Å²) in [6.07, 6.45) is 4.01. The zero-order chi connectivity index (χ0) is 19.7. The number of thiazole rings is 1. The second kappa shape index (κ2) is 7.92. The molecule has 0 radical (unpaired) electrons. The summed E-state index contributed by atoms with van der Waals surface area (Å²) in [7, 11) is 0. The molecule has 1 aliphatic rings. The van der Waals surface area contributed by atoms with Crippen LogP contribution >= 0.6 is 11.3 Å². The summed E-state index contributed by atoms with van der Waals surface area (Å²) < 4.78 is 12.4. The Labute approximate surface area is 166 Å². The lowest BCUT2D eigenvalue weighted by Gasteiger charge is -2.36. The molecule has 150 valence electrons. The van der Waals surface area contributed by atoms with Crippen LogP contribution in [-0.2, 0) is 16.0 Å². The van der Waals surface area contributed by atoms with Crippen molar-refractivity contribution in [2.75, 3.05) is 19.7 Å². The standard InChI is InChI=1S/C19H24N4O4S/c1-3-14-20-19-23(21-14)17(24)16(28-19)15(13-8-6-10-27-13)22-9-5-7-12(11-22)18(25)26-4-2/h6,8,10,12,15,24H,3-5,7,9,11H2,1-2H3/t12-,15-/m1/s1. The molecule has 0 amide bonds. The molecule has 3 aromatic rings. The molecule has 1 aliphatic heterocycles. The Morgan fingerprint density at radius 2 is 2.36 bits per heavy atom. The van der Waals surface area contributed by atoms with E-state index in [2.05, 4.69) is 15.0 Å². The number of rotatable bonds is 6. The lowest BCUT2D eigenvalue weighted by molar-refractivity contribution is -0.150. The van der Waals surface area contributed by atoms with E-state index in [9.17, 15) is 9.90 Å². The molecule has 0 saturated carbocycles. The van der Waals surface area contributed by atoms with Gasteiger partial charge in [0.15, 0.2) is 5.82 Å². The Balaban J connectivity index is 1.70. The summed E-state index contributed by atoms with van der Waals surface area (Å²) in [6, 6.07) is 3.43. The fraction of sp³-hybridized carbons (Fsp3) is 0.526. The summed E-state index contributed by atoms with van der Waals surface area (Å²) in [5, 5.41) is 15.2. The highest BCUT2D eigenvalue weighted by atomic mass is 32.1.